The first-order chi connectivity index (χ1) is 11.0. The Morgan fingerprint density at radius 3 is 2.65 bits per heavy atom. The van der Waals surface area contributed by atoms with E-state index in [0.717, 1.165) is 0 Å². The first-order valence-corrected chi connectivity index (χ1v) is 8.92. The van der Waals surface area contributed by atoms with Gasteiger partial charge in [0.05, 0.1) is 6.04 Å². The smallest absolute Gasteiger partial charge is 0.249 e. The molecule has 4 N–H and O–H groups in total. The molecule has 1 unspecified atom stereocenters. The lowest BCUT2D eigenvalue weighted by atomic mass is 10.1. The van der Waals surface area contributed by atoms with Gasteiger partial charge in [-0.1, -0.05) is 13.3 Å². The summed E-state index contributed by atoms with van der Waals surface area (Å²) in [5.74, 6) is -0.119. The van der Waals surface area contributed by atoms with Crippen LogP contribution < -0.4 is 21.3 Å². The van der Waals surface area contributed by atoms with E-state index in [1.165, 1.54) is 0 Å². The van der Waals surface area contributed by atoms with Gasteiger partial charge in [0.1, 0.15) is 12.1 Å². The van der Waals surface area contributed by atoms with Crippen molar-refractivity contribution in [2.24, 2.45) is 0 Å². The molecule has 0 saturated carbocycles. The topological polar surface area (TPSA) is 116 Å². The number of imide groups is 1. The molecule has 4 amide bonds. The van der Waals surface area contributed by atoms with Gasteiger partial charge in [0.25, 0.3) is 0 Å². The molecule has 9 heteroatoms. The number of amides is 4. The molecule has 2 fully saturated rings. The van der Waals surface area contributed by atoms with Crippen molar-refractivity contribution in [2.45, 2.75) is 50.7 Å². The molecular formula is C14H22N4O4S. The summed E-state index contributed by atoms with van der Waals surface area (Å²) < 4.78 is 0. The fraction of sp³-hybridized carbons (Fsp3) is 0.714. The molecule has 8 nitrogen and oxygen atoms in total. The number of nitrogens with one attached hydrogen (secondary N) is 4. The zero-order valence-electron chi connectivity index (χ0n) is 13.0. The van der Waals surface area contributed by atoms with Crippen LogP contribution in [-0.4, -0.2) is 53.4 Å². The highest BCUT2D eigenvalue weighted by molar-refractivity contribution is 7.99. The van der Waals surface area contributed by atoms with E-state index in [1.54, 1.807) is 11.8 Å². The highest BCUT2D eigenvalue weighted by Gasteiger charge is 2.31. The largest absolute Gasteiger partial charge is 0.344 e. The average molecular weight is 342 g/mol. The molecule has 2 saturated heterocycles. The minimum absolute atomic E-state index is 0.165. The van der Waals surface area contributed by atoms with E-state index in [2.05, 4.69) is 21.3 Å². The van der Waals surface area contributed by atoms with Crippen LogP contribution in [0.15, 0.2) is 0 Å². The van der Waals surface area contributed by atoms with Crippen molar-refractivity contribution in [3.8, 4) is 0 Å². The molecule has 0 radical (unpaired) electrons. The predicted molar refractivity (Wildman–Crippen MR) is 85.4 cm³/mol. The van der Waals surface area contributed by atoms with Gasteiger partial charge in [-0.25, -0.2) is 0 Å². The SMILES string of the molecule is CCC[C@H](NC(=O)[C@@H]1CCC(=O)N1)C(=O)NC(=O)C1CSCN1. The van der Waals surface area contributed by atoms with Gasteiger partial charge >= 0.3 is 0 Å². The van der Waals surface area contributed by atoms with Gasteiger partial charge in [-0.15, -0.1) is 11.8 Å². The summed E-state index contributed by atoms with van der Waals surface area (Å²) in [6.45, 7) is 1.89. The summed E-state index contributed by atoms with van der Waals surface area (Å²) >= 11 is 1.59. The Labute approximate surface area is 138 Å². The first kappa shape index (κ1) is 17.7. The normalized spacial score (nSPS) is 24.8. The van der Waals surface area contributed by atoms with Crippen molar-refractivity contribution >= 4 is 35.4 Å². The number of carbonyl (C=O) groups is 4. The molecule has 2 aliphatic heterocycles. The van der Waals surface area contributed by atoms with Crippen LogP contribution in [0.25, 0.3) is 0 Å². The molecule has 3 atom stereocenters. The van der Waals surface area contributed by atoms with Gasteiger partial charge < -0.3 is 10.6 Å². The van der Waals surface area contributed by atoms with Crippen LogP contribution in [0.2, 0.25) is 0 Å². The predicted octanol–water partition coefficient (Wildman–Crippen LogP) is -1.14. The van der Waals surface area contributed by atoms with Gasteiger partial charge in [-0.2, -0.15) is 0 Å². The highest BCUT2D eigenvalue weighted by atomic mass is 32.2. The maximum Gasteiger partial charge on any atom is 0.249 e. The Morgan fingerprint density at radius 2 is 2.09 bits per heavy atom. The summed E-state index contributed by atoms with van der Waals surface area (Å²) in [6.07, 6.45) is 1.85. The maximum atomic E-state index is 12.2. The molecule has 2 rings (SSSR count). The van der Waals surface area contributed by atoms with Crippen LogP contribution in [0, 0.1) is 0 Å². The van der Waals surface area contributed by atoms with Crippen LogP contribution in [-0.2, 0) is 19.2 Å². The third-order valence-corrected chi connectivity index (χ3v) is 4.74. The Bertz CT molecular complexity index is 493. The monoisotopic (exact) mass is 342 g/mol. The minimum Gasteiger partial charge on any atom is -0.344 e. The standard InChI is InChI=1S/C14H22N4O4S/c1-2-3-8(17-12(20)9-4-5-11(19)16-9)13(21)18-14(22)10-6-23-7-15-10/h8-10,15H,2-7H2,1H3,(H,16,19)(H,17,20)(H,18,21,22)/t8-,9-,10?/m0/s1. The minimum atomic E-state index is -0.775. The summed E-state index contributed by atoms with van der Waals surface area (Å²) in [5.41, 5.74) is 0. The molecular weight excluding hydrogens is 320 g/mol. The Morgan fingerprint density at radius 1 is 1.30 bits per heavy atom. The van der Waals surface area contributed by atoms with Crippen molar-refractivity contribution in [1.82, 2.24) is 21.3 Å². The van der Waals surface area contributed by atoms with Crippen molar-refractivity contribution in [3.63, 3.8) is 0 Å². The van der Waals surface area contributed by atoms with E-state index >= 15 is 0 Å². The third kappa shape index (κ3) is 4.93. The summed E-state index contributed by atoms with van der Waals surface area (Å²) in [7, 11) is 0. The van der Waals surface area contributed by atoms with E-state index in [0.29, 0.717) is 37.3 Å². The molecule has 2 heterocycles. The fourth-order valence-electron chi connectivity index (χ4n) is 2.50. The van der Waals surface area contributed by atoms with Crippen molar-refractivity contribution in [3.05, 3.63) is 0 Å². The molecule has 0 aliphatic carbocycles. The van der Waals surface area contributed by atoms with Gasteiger partial charge in [0.2, 0.25) is 23.6 Å². The van der Waals surface area contributed by atoms with Crippen LogP contribution in [0.3, 0.4) is 0 Å². The van der Waals surface area contributed by atoms with Gasteiger partial charge in [0.15, 0.2) is 0 Å². The number of hydrogen-bond acceptors (Lipinski definition) is 6. The van der Waals surface area contributed by atoms with E-state index in [-0.39, 0.29) is 23.8 Å². The Hall–Kier alpha value is -1.61. The molecule has 0 aromatic heterocycles. The lowest BCUT2D eigenvalue weighted by Gasteiger charge is -2.20. The van der Waals surface area contributed by atoms with Crippen molar-refractivity contribution < 1.29 is 19.2 Å². The zero-order chi connectivity index (χ0) is 16.8. The second kappa shape index (κ2) is 8.30. The van der Waals surface area contributed by atoms with E-state index in [4.69, 9.17) is 0 Å². The van der Waals surface area contributed by atoms with Crippen LogP contribution in [0.5, 0.6) is 0 Å². The van der Waals surface area contributed by atoms with E-state index in [1.807, 2.05) is 6.92 Å². The maximum absolute atomic E-state index is 12.2. The average Bonchev–Trinajstić information content (AvgIpc) is 3.17. The van der Waals surface area contributed by atoms with Crippen molar-refractivity contribution in [2.75, 3.05) is 11.6 Å². The molecule has 0 spiro atoms. The lowest BCUT2D eigenvalue weighted by molar-refractivity contribution is -0.135. The van der Waals surface area contributed by atoms with Gasteiger partial charge in [-0.3, -0.25) is 29.8 Å². The number of carbonyl (C=O) groups excluding carboxylic acids is 4. The molecule has 0 bridgehead atoms. The summed E-state index contributed by atoms with van der Waals surface area (Å²) in [5, 5.41) is 10.5. The lowest BCUT2D eigenvalue weighted by Crippen LogP contribution is -2.54. The molecule has 2 aliphatic rings. The van der Waals surface area contributed by atoms with Gasteiger partial charge in [0, 0.05) is 18.1 Å². The molecule has 0 aromatic rings. The van der Waals surface area contributed by atoms with Crippen LogP contribution in [0.1, 0.15) is 32.6 Å². The van der Waals surface area contributed by atoms with Crippen LogP contribution in [0.4, 0.5) is 0 Å². The molecule has 23 heavy (non-hydrogen) atoms. The number of rotatable bonds is 6. The van der Waals surface area contributed by atoms with Gasteiger partial charge in [-0.05, 0) is 12.8 Å². The zero-order valence-corrected chi connectivity index (χ0v) is 13.8. The van der Waals surface area contributed by atoms with E-state index < -0.39 is 18.0 Å². The Balaban J connectivity index is 1.88. The second-order valence-corrected chi connectivity index (χ2v) is 6.66. The Kier molecular flexibility index (Phi) is 6.40. The van der Waals surface area contributed by atoms with Crippen molar-refractivity contribution in [1.29, 1.82) is 0 Å². The summed E-state index contributed by atoms with van der Waals surface area (Å²) in [6, 6.07) is -1.75. The first-order valence-electron chi connectivity index (χ1n) is 7.76. The third-order valence-electron chi connectivity index (χ3n) is 3.80. The molecule has 128 valence electrons. The number of hydrogen-bond donors (Lipinski definition) is 4. The molecule has 0 aromatic carbocycles. The highest BCUT2D eigenvalue weighted by Crippen LogP contribution is 2.10. The number of thioether (sulfide) groups is 1. The van der Waals surface area contributed by atoms with Crippen LogP contribution >= 0.6 is 11.8 Å². The van der Waals surface area contributed by atoms with E-state index in [9.17, 15) is 19.2 Å². The fourth-order valence-corrected chi connectivity index (χ4v) is 3.44. The second-order valence-electron chi connectivity index (χ2n) is 5.63. The quantitative estimate of drug-likeness (QED) is 0.485. The summed E-state index contributed by atoms with van der Waals surface area (Å²) in [4.78, 5) is 47.5.